The maximum atomic E-state index is 10.5. The Labute approximate surface area is 95.5 Å². The fourth-order valence-electron chi connectivity index (χ4n) is 0.833. The highest BCUT2D eigenvalue weighted by Gasteiger charge is 2.06. The van der Waals surface area contributed by atoms with Gasteiger partial charge < -0.3 is 15.9 Å². The van der Waals surface area contributed by atoms with Crippen LogP contribution in [0.1, 0.15) is 0 Å². The lowest BCUT2D eigenvalue weighted by Gasteiger charge is -1.96. The van der Waals surface area contributed by atoms with Crippen LogP contribution in [0, 0.1) is 0 Å². The Balaban J connectivity index is 0.000000288. The first-order valence-electron chi connectivity index (χ1n) is 4.74. The Hall–Kier alpha value is -1.11. The molecule has 0 aromatic heterocycles. The van der Waals surface area contributed by atoms with Crippen LogP contribution in [-0.2, 0) is 9.84 Å². The summed E-state index contributed by atoms with van der Waals surface area (Å²) < 4.78 is 21.0. The van der Waals surface area contributed by atoms with Crippen LogP contribution in [0.3, 0.4) is 0 Å². The number of sulfone groups is 1. The van der Waals surface area contributed by atoms with Gasteiger partial charge in [0.1, 0.15) is 0 Å². The van der Waals surface area contributed by atoms with E-state index < -0.39 is 9.84 Å². The normalized spacial score (nSPS) is 10.4. The zero-order chi connectivity index (χ0) is 12.4. The van der Waals surface area contributed by atoms with Crippen molar-refractivity contribution in [2.45, 2.75) is 0 Å². The van der Waals surface area contributed by atoms with Gasteiger partial charge in [0.2, 0.25) is 0 Å². The largest absolute Gasteiger partial charge is 0.399 e. The van der Waals surface area contributed by atoms with Crippen molar-refractivity contribution in [1.82, 2.24) is 0 Å². The van der Waals surface area contributed by atoms with E-state index >= 15 is 0 Å². The Morgan fingerprint density at radius 2 is 1.44 bits per heavy atom. The zero-order valence-corrected chi connectivity index (χ0v) is 9.73. The number of para-hydroxylation sites is 1. The predicted octanol–water partition coefficient (Wildman–Crippen LogP) is -0.345. The van der Waals surface area contributed by atoms with Gasteiger partial charge in [0.15, 0.2) is 9.84 Å². The number of anilines is 1. The molecule has 0 unspecified atom stereocenters. The van der Waals surface area contributed by atoms with Crippen LogP contribution in [0.25, 0.3) is 0 Å². The van der Waals surface area contributed by atoms with Crippen LogP contribution >= 0.6 is 0 Å². The van der Waals surface area contributed by atoms with Gasteiger partial charge in [-0.3, -0.25) is 0 Å². The van der Waals surface area contributed by atoms with Crippen molar-refractivity contribution < 1.29 is 18.6 Å². The quantitative estimate of drug-likeness (QED) is 0.632. The van der Waals surface area contributed by atoms with Crippen molar-refractivity contribution in [3.63, 3.8) is 0 Å². The maximum Gasteiger partial charge on any atom is 0.154 e. The standard InChI is InChI=1S/C6H7N.C4H10O4S/c7-6-4-2-1-3-5-6;5-1-3-9(7,8)4-2-6/h1-5H,7H2;5-6H,1-4H2. The summed E-state index contributed by atoms with van der Waals surface area (Å²) in [6, 6.07) is 9.49. The van der Waals surface area contributed by atoms with E-state index in [-0.39, 0.29) is 24.7 Å². The van der Waals surface area contributed by atoms with E-state index in [1.807, 2.05) is 30.3 Å². The number of hydrogen-bond donors (Lipinski definition) is 3. The first-order valence-corrected chi connectivity index (χ1v) is 6.56. The molecule has 0 saturated heterocycles. The van der Waals surface area contributed by atoms with Crippen molar-refractivity contribution in [2.75, 3.05) is 30.5 Å². The van der Waals surface area contributed by atoms with Gasteiger partial charge >= 0.3 is 0 Å². The number of aliphatic hydroxyl groups is 2. The lowest BCUT2D eigenvalue weighted by Crippen LogP contribution is -2.15. The molecule has 0 aliphatic carbocycles. The smallest absolute Gasteiger partial charge is 0.154 e. The molecule has 5 nitrogen and oxygen atoms in total. The molecule has 0 radical (unpaired) electrons. The third-order valence-electron chi connectivity index (χ3n) is 1.60. The van der Waals surface area contributed by atoms with Gasteiger partial charge in [-0.05, 0) is 12.1 Å². The van der Waals surface area contributed by atoms with E-state index in [1.165, 1.54) is 0 Å². The highest BCUT2D eigenvalue weighted by molar-refractivity contribution is 7.91. The second-order valence-electron chi connectivity index (χ2n) is 3.01. The summed E-state index contributed by atoms with van der Waals surface area (Å²) in [5.41, 5.74) is 6.18. The van der Waals surface area contributed by atoms with Crippen LogP contribution in [0.5, 0.6) is 0 Å². The van der Waals surface area contributed by atoms with E-state index in [2.05, 4.69) is 0 Å². The molecule has 6 heteroatoms. The van der Waals surface area contributed by atoms with Crippen LogP contribution < -0.4 is 5.73 Å². The highest BCUT2D eigenvalue weighted by atomic mass is 32.2. The number of rotatable bonds is 4. The van der Waals surface area contributed by atoms with Crippen molar-refractivity contribution >= 4 is 15.5 Å². The van der Waals surface area contributed by atoms with Gasteiger partial charge in [0, 0.05) is 5.69 Å². The molecule has 1 aromatic rings. The molecular formula is C10H17NO4S. The minimum Gasteiger partial charge on any atom is -0.399 e. The molecule has 1 rings (SSSR count). The summed E-state index contributed by atoms with van der Waals surface area (Å²) in [4.78, 5) is 0. The molecule has 1 aromatic carbocycles. The van der Waals surface area contributed by atoms with E-state index in [4.69, 9.17) is 15.9 Å². The molecule has 4 N–H and O–H groups in total. The van der Waals surface area contributed by atoms with Crippen LogP contribution in [0.15, 0.2) is 30.3 Å². The number of nitrogen functional groups attached to an aromatic ring is 1. The van der Waals surface area contributed by atoms with Crippen molar-refractivity contribution in [1.29, 1.82) is 0 Å². The summed E-state index contributed by atoms with van der Waals surface area (Å²) in [5.74, 6) is -0.513. The van der Waals surface area contributed by atoms with E-state index in [0.717, 1.165) is 5.69 Å². The fraction of sp³-hybridized carbons (Fsp3) is 0.400. The van der Waals surface area contributed by atoms with E-state index in [1.54, 1.807) is 0 Å². The highest BCUT2D eigenvalue weighted by Crippen LogP contribution is 1.95. The molecule has 0 aliphatic heterocycles. The predicted molar refractivity (Wildman–Crippen MR) is 63.7 cm³/mol. The second kappa shape index (κ2) is 8.09. The average Bonchev–Trinajstić information content (AvgIpc) is 2.19. The van der Waals surface area contributed by atoms with Gasteiger partial charge in [-0.15, -0.1) is 0 Å². The van der Waals surface area contributed by atoms with Crippen LogP contribution in [0.4, 0.5) is 5.69 Å². The SMILES string of the molecule is Nc1ccccc1.O=S(=O)(CCO)CCO. The first-order chi connectivity index (χ1) is 7.52. The Kier molecular flexibility index (Phi) is 7.53. The average molecular weight is 247 g/mol. The third kappa shape index (κ3) is 8.22. The molecule has 92 valence electrons. The second-order valence-corrected chi connectivity index (χ2v) is 5.31. The molecule has 0 amide bonds. The number of nitrogens with two attached hydrogens (primary N) is 1. The number of aliphatic hydroxyl groups excluding tert-OH is 2. The van der Waals surface area contributed by atoms with Gasteiger partial charge in [0.05, 0.1) is 24.7 Å². The monoisotopic (exact) mass is 247 g/mol. The maximum absolute atomic E-state index is 10.5. The summed E-state index contributed by atoms with van der Waals surface area (Å²) in [5, 5.41) is 16.3. The molecular weight excluding hydrogens is 230 g/mol. The van der Waals surface area contributed by atoms with Crippen molar-refractivity contribution in [3.8, 4) is 0 Å². The lowest BCUT2D eigenvalue weighted by atomic mass is 10.3. The van der Waals surface area contributed by atoms with Crippen LogP contribution in [-0.4, -0.2) is 43.4 Å². The molecule has 0 saturated carbocycles. The molecule has 0 atom stereocenters. The van der Waals surface area contributed by atoms with Gasteiger partial charge in [-0.25, -0.2) is 8.42 Å². The minimum absolute atomic E-state index is 0.256. The molecule has 0 heterocycles. The summed E-state index contributed by atoms with van der Waals surface area (Å²) >= 11 is 0. The van der Waals surface area contributed by atoms with Gasteiger partial charge in [0.25, 0.3) is 0 Å². The summed E-state index contributed by atoms with van der Waals surface area (Å²) in [6.07, 6.45) is 0. The third-order valence-corrected chi connectivity index (χ3v) is 3.21. The van der Waals surface area contributed by atoms with Crippen LogP contribution in [0.2, 0.25) is 0 Å². The number of hydrogen-bond acceptors (Lipinski definition) is 5. The summed E-state index contributed by atoms with van der Waals surface area (Å²) in [7, 11) is -3.18. The van der Waals surface area contributed by atoms with E-state index in [0.29, 0.717) is 0 Å². The summed E-state index contributed by atoms with van der Waals surface area (Å²) in [6.45, 7) is -0.745. The van der Waals surface area contributed by atoms with E-state index in [9.17, 15) is 8.42 Å². The molecule has 16 heavy (non-hydrogen) atoms. The number of benzene rings is 1. The molecule has 0 aliphatic rings. The van der Waals surface area contributed by atoms with Crippen molar-refractivity contribution in [3.05, 3.63) is 30.3 Å². The molecule has 0 bridgehead atoms. The first kappa shape index (κ1) is 14.9. The van der Waals surface area contributed by atoms with Gasteiger partial charge in [-0.2, -0.15) is 0 Å². The topological polar surface area (TPSA) is 101 Å². The van der Waals surface area contributed by atoms with Crippen molar-refractivity contribution in [2.24, 2.45) is 0 Å². The lowest BCUT2D eigenvalue weighted by molar-refractivity contribution is 0.312. The Morgan fingerprint density at radius 1 is 1.00 bits per heavy atom. The Morgan fingerprint density at radius 3 is 1.69 bits per heavy atom. The molecule has 0 fully saturated rings. The minimum atomic E-state index is -3.18. The van der Waals surface area contributed by atoms with Gasteiger partial charge in [-0.1, -0.05) is 18.2 Å². The fourth-order valence-corrected chi connectivity index (χ4v) is 1.59. The zero-order valence-electron chi connectivity index (χ0n) is 8.91. The Bertz CT molecular complexity index is 352. The molecule has 0 spiro atoms.